The maximum atomic E-state index is 5.20. The van der Waals surface area contributed by atoms with Gasteiger partial charge in [0.25, 0.3) is 0 Å². The van der Waals surface area contributed by atoms with Crippen molar-refractivity contribution in [3.63, 3.8) is 0 Å². The average molecular weight is 356 g/mol. The third kappa shape index (κ3) is 3.14. The maximum absolute atomic E-state index is 5.20. The maximum Gasteiger partial charge on any atom is 0.195 e. The van der Waals surface area contributed by atoms with E-state index < -0.39 is 0 Å². The molecule has 0 bridgehead atoms. The molecule has 0 saturated heterocycles. The van der Waals surface area contributed by atoms with Gasteiger partial charge in [0.15, 0.2) is 10.8 Å². The second-order valence-electron chi connectivity index (χ2n) is 5.34. The molecule has 24 heavy (non-hydrogen) atoms. The van der Waals surface area contributed by atoms with Gasteiger partial charge in [-0.25, -0.2) is 0 Å². The number of aliphatic imine (C=N–C) groups is 1. The number of nitrogens with zero attached hydrogens (tertiary/aromatic N) is 4. The molecule has 1 aliphatic rings. The smallest absolute Gasteiger partial charge is 0.195 e. The largest absolute Gasteiger partial charge is 0.497 e. The quantitative estimate of drug-likeness (QED) is 0.656. The third-order valence-electron chi connectivity index (χ3n) is 3.73. The van der Waals surface area contributed by atoms with E-state index in [-0.39, 0.29) is 0 Å². The van der Waals surface area contributed by atoms with Crippen LogP contribution in [0.1, 0.15) is 5.56 Å². The predicted octanol–water partition coefficient (Wildman–Crippen LogP) is 3.39. The van der Waals surface area contributed by atoms with E-state index in [9.17, 15) is 0 Å². The lowest BCUT2D eigenvalue weighted by Crippen LogP contribution is -2.07. The van der Waals surface area contributed by atoms with E-state index in [0.29, 0.717) is 5.25 Å². The van der Waals surface area contributed by atoms with Crippen LogP contribution in [0.15, 0.2) is 58.8 Å². The van der Waals surface area contributed by atoms with Gasteiger partial charge in [0.1, 0.15) is 5.75 Å². The Morgan fingerprint density at radius 3 is 2.92 bits per heavy atom. The Morgan fingerprint density at radius 2 is 2.08 bits per heavy atom. The molecule has 0 aliphatic carbocycles. The minimum absolute atomic E-state index is 0.461. The molecule has 3 aromatic rings. The summed E-state index contributed by atoms with van der Waals surface area (Å²) in [5.74, 6) is 1.83. The molecule has 0 saturated carbocycles. The molecule has 7 heteroatoms. The summed E-state index contributed by atoms with van der Waals surface area (Å²) in [6.45, 7) is 0.843. The van der Waals surface area contributed by atoms with Gasteiger partial charge in [-0.15, -0.1) is 22.0 Å². The Morgan fingerprint density at radius 1 is 1.21 bits per heavy atom. The summed E-state index contributed by atoms with van der Waals surface area (Å²) in [6, 6.07) is 14.0. The van der Waals surface area contributed by atoms with Gasteiger partial charge >= 0.3 is 0 Å². The molecule has 0 fully saturated rings. The molecule has 4 rings (SSSR count). The van der Waals surface area contributed by atoms with Crippen LogP contribution in [-0.4, -0.2) is 44.3 Å². The molecule has 0 amide bonds. The van der Waals surface area contributed by atoms with Gasteiger partial charge in [-0.2, -0.15) is 0 Å². The number of hydrogen-bond acceptors (Lipinski definition) is 6. The normalized spacial score (nSPS) is 17.2. The fourth-order valence-electron chi connectivity index (χ4n) is 2.48. The first-order chi connectivity index (χ1) is 11.8. The Kier molecular flexibility index (Phi) is 4.44. The van der Waals surface area contributed by atoms with Gasteiger partial charge in [-0.1, -0.05) is 17.8 Å². The Hall–Kier alpha value is -1.99. The summed E-state index contributed by atoms with van der Waals surface area (Å²) in [6.07, 6.45) is 2.00. The number of pyridine rings is 1. The number of fused-ring (bicyclic) bond motifs is 1. The highest BCUT2D eigenvalue weighted by molar-refractivity contribution is 8.16. The molecule has 0 N–H and O–H groups in total. The molecule has 1 atom stereocenters. The molecule has 5 nitrogen and oxygen atoms in total. The Balaban J connectivity index is 1.38. The fraction of sp³-hybridized carbons (Fsp3) is 0.235. The third-order valence-corrected chi connectivity index (χ3v) is 6.29. The summed E-state index contributed by atoms with van der Waals surface area (Å²) in [4.78, 5) is 4.69. The van der Waals surface area contributed by atoms with Crippen molar-refractivity contribution in [2.45, 2.75) is 10.4 Å². The van der Waals surface area contributed by atoms with Crippen LogP contribution in [0.5, 0.6) is 5.75 Å². The summed E-state index contributed by atoms with van der Waals surface area (Å²) in [5.41, 5.74) is 2.04. The highest BCUT2D eigenvalue weighted by atomic mass is 32.2. The number of aromatic nitrogens is 3. The Labute approximate surface area is 148 Å². The van der Waals surface area contributed by atoms with E-state index in [1.54, 1.807) is 18.9 Å². The Bertz CT molecular complexity index is 876. The summed E-state index contributed by atoms with van der Waals surface area (Å²) >= 11 is 3.57. The number of rotatable bonds is 5. The number of hydrogen-bond donors (Lipinski definition) is 0. The molecular formula is C17H16N4OS2. The highest BCUT2D eigenvalue weighted by Gasteiger charge is 2.21. The van der Waals surface area contributed by atoms with Gasteiger partial charge in [0, 0.05) is 22.8 Å². The molecule has 1 aliphatic heterocycles. The van der Waals surface area contributed by atoms with Crippen molar-refractivity contribution in [2.24, 2.45) is 4.99 Å². The van der Waals surface area contributed by atoms with Gasteiger partial charge < -0.3 is 4.74 Å². The van der Waals surface area contributed by atoms with Crippen LogP contribution in [0.3, 0.4) is 0 Å². The van der Waals surface area contributed by atoms with Crippen LogP contribution in [0, 0.1) is 0 Å². The van der Waals surface area contributed by atoms with Gasteiger partial charge in [-0.05, 0) is 36.4 Å². The molecule has 2 aromatic heterocycles. The minimum Gasteiger partial charge on any atom is -0.497 e. The van der Waals surface area contributed by atoms with Crippen molar-refractivity contribution >= 4 is 34.2 Å². The molecular weight excluding hydrogens is 340 g/mol. The number of thioether (sulfide) groups is 2. The van der Waals surface area contributed by atoms with E-state index in [1.807, 2.05) is 52.7 Å². The van der Waals surface area contributed by atoms with E-state index in [1.165, 1.54) is 0 Å². The number of methoxy groups -OCH3 is 1. The SMILES string of the molecule is COc1ccc(C2=NC[C@H](CSc3nnc4ccccn34)S2)cc1. The monoisotopic (exact) mass is 356 g/mol. The van der Waals surface area contributed by atoms with Crippen LogP contribution in [0.4, 0.5) is 0 Å². The topological polar surface area (TPSA) is 51.8 Å². The first kappa shape index (κ1) is 15.5. The number of ether oxygens (including phenoxy) is 1. The minimum atomic E-state index is 0.461. The van der Waals surface area contributed by atoms with Gasteiger partial charge in [-0.3, -0.25) is 9.39 Å². The first-order valence-corrected chi connectivity index (χ1v) is 9.48. The molecule has 0 radical (unpaired) electrons. The lowest BCUT2D eigenvalue weighted by molar-refractivity contribution is 0.415. The van der Waals surface area contributed by atoms with Crippen molar-refractivity contribution in [2.75, 3.05) is 19.4 Å². The fourth-order valence-corrected chi connectivity index (χ4v) is 4.68. The van der Waals surface area contributed by atoms with E-state index in [2.05, 4.69) is 27.3 Å². The molecule has 0 unspecified atom stereocenters. The first-order valence-electron chi connectivity index (χ1n) is 7.61. The summed E-state index contributed by atoms with van der Waals surface area (Å²) in [5, 5.41) is 11.0. The zero-order valence-electron chi connectivity index (χ0n) is 13.1. The summed E-state index contributed by atoms with van der Waals surface area (Å²) in [7, 11) is 1.68. The predicted molar refractivity (Wildman–Crippen MR) is 99.5 cm³/mol. The van der Waals surface area contributed by atoms with Crippen LogP contribution in [-0.2, 0) is 0 Å². The lowest BCUT2D eigenvalue weighted by atomic mass is 10.2. The van der Waals surface area contributed by atoms with Crippen LogP contribution in [0.2, 0.25) is 0 Å². The standard InChI is InChI=1S/C17H16N4OS2/c1-22-13-7-5-12(6-8-13)16-18-10-14(24-16)11-23-17-20-19-15-4-2-3-9-21(15)17/h2-9,14H,10-11H2,1H3/t14-/m1/s1. The zero-order chi connectivity index (χ0) is 16.4. The van der Waals surface area contributed by atoms with Crippen LogP contribution >= 0.6 is 23.5 Å². The van der Waals surface area contributed by atoms with Gasteiger partial charge in [0.2, 0.25) is 0 Å². The summed E-state index contributed by atoms with van der Waals surface area (Å²) < 4.78 is 7.23. The van der Waals surface area contributed by atoms with E-state index in [4.69, 9.17) is 4.74 Å². The molecule has 3 heterocycles. The zero-order valence-corrected chi connectivity index (χ0v) is 14.8. The second-order valence-corrected chi connectivity index (χ2v) is 7.61. The van der Waals surface area contributed by atoms with Crippen molar-refractivity contribution in [3.8, 4) is 5.75 Å². The van der Waals surface area contributed by atoms with Crippen LogP contribution < -0.4 is 4.74 Å². The van der Waals surface area contributed by atoms with E-state index >= 15 is 0 Å². The van der Waals surface area contributed by atoms with Crippen molar-refractivity contribution in [3.05, 3.63) is 54.2 Å². The number of benzene rings is 1. The van der Waals surface area contributed by atoms with Crippen molar-refractivity contribution < 1.29 is 4.74 Å². The van der Waals surface area contributed by atoms with Crippen LogP contribution in [0.25, 0.3) is 5.65 Å². The van der Waals surface area contributed by atoms with Crippen molar-refractivity contribution in [1.29, 1.82) is 0 Å². The van der Waals surface area contributed by atoms with E-state index in [0.717, 1.165) is 39.5 Å². The average Bonchev–Trinajstić information content (AvgIpc) is 3.27. The molecule has 122 valence electrons. The molecule has 1 aromatic carbocycles. The van der Waals surface area contributed by atoms with Gasteiger partial charge in [0.05, 0.1) is 18.7 Å². The van der Waals surface area contributed by atoms with Crippen molar-refractivity contribution in [1.82, 2.24) is 14.6 Å². The lowest BCUT2D eigenvalue weighted by Gasteiger charge is -2.07. The second kappa shape index (κ2) is 6.86. The highest BCUT2D eigenvalue weighted by Crippen LogP contribution is 2.30. The molecule has 0 spiro atoms.